The van der Waals surface area contributed by atoms with Crippen LogP contribution in [0.4, 0.5) is 4.39 Å². The predicted molar refractivity (Wildman–Crippen MR) is 108 cm³/mol. The van der Waals surface area contributed by atoms with Crippen molar-refractivity contribution in [2.45, 2.75) is 12.8 Å². The van der Waals surface area contributed by atoms with Crippen LogP contribution in [-0.4, -0.2) is 49.1 Å². The van der Waals surface area contributed by atoms with Crippen molar-refractivity contribution in [2.24, 2.45) is 0 Å². The summed E-state index contributed by atoms with van der Waals surface area (Å²) < 4.78 is 12.9. The Hall–Kier alpha value is -1.13. The van der Waals surface area contributed by atoms with Gasteiger partial charge in [0.05, 0.1) is 0 Å². The van der Waals surface area contributed by atoms with E-state index in [0.717, 1.165) is 52.1 Å². The predicted octanol–water partition coefficient (Wildman–Crippen LogP) is 4.07. The first-order valence-corrected chi connectivity index (χ1v) is 8.53. The molecule has 0 aromatic heterocycles. The quantitative estimate of drug-likeness (QED) is 0.740. The Labute approximate surface area is 162 Å². The van der Waals surface area contributed by atoms with E-state index in [1.807, 2.05) is 12.1 Å². The zero-order chi connectivity index (χ0) is 15.9. The molecule has 1 aliphatic rings. The highest BCUT2D eigenvalue weighted by Gasteiger charge is 2.16. The number of benzene rings is 2. The Morgan fingerprint density at radius 3 is 1.56 bits per heavy atom. The van der Waals surface area contributed by atoms with E-state index in [4.69, 9.17) is 0 Å². The van der Waals surface area contributed by atoms with E-state index in [-0.39, 0.29) is 30.6 Å². The fourth-order valence-electron chi connectivity index (χ4n) is 3.11. The molecule has 0 radical (unpaired) electrons. The van der Waals surface area contributed by atoms with Crippen LogP contribution in [0.5, 0.6) is 0 Å². The highest BCUT2D eigenvalue weighted by Crippen LogP contribution is 2.08. The van der Waals surface area contributed by atoms with Gasteiger partial charge in [-0.15, -0.1) is 24.8 Å². The Morgan fingerprint density at radius 2 is 1.08 bits per heavy atom. The second kappa shape index (κ2) is 11.5. The van der Waals surface area contributed by atoms with Gasteiger partial charge in [0.1, 0.15) is 5.82 Å². The third-order valence-electron chi connectivity index (χ3n) is 4.65. The van der Waals surface area contributed by atoms with Crippen molar-refractivity contribution in [3.8, 4) is 0 Å². The smallest absolute Gasteiger partial charge is 0.123 e. The van der Waals surface area contributed by atoms with Gasteiger partial charge in [-0.05, 0) is 36.1 Å². The maximum Gasteiger partial charge on any atom is 0.123 e. The highest BCUT2D eigenvalue weighted by molar-refractivity contribution is 5.85. The van der Waals surface area contributed by atoms with Crippen molar-refractivity contribution >= 4 is 24.8 Å². The first kappa shape index (κ1) is 21.9. The normalized spacial score (nSPS) is 15.2. The lowest BCUT2D eigenvalue weighted by Gasteiger charge is -2.34. The second-order valence-corrected chi connectivity index (χ2v) is 6.30. The van der Waals surface area contributed by atoms with Gasteiger partial charge in [-0.3, -0.25) is 0 Å². The highest BCUT2D eigenvalue weighted by atomic mass is 35.5. The Balaban J connectivity index is 0.00000156. The molecule has 0 bridgehead atoms. The number of piperazine rings is 1. The van der Waals surface area contributed by atoms with E-state index in [1.165, 1.54) is 11.1 Å². The summed E-state index contributed by atoms with van der Waals surface area (Å²) >= 11 is 0. The lowest BCUT2D eigenvalue weighted by Crippen LogP contribution is -2.47. The average Bonchev–Trinajstić information content (AvgIpc) is 2.61. The molecule has 0 aliphatic carbocycles. The Morgan fingerprint density at radius 1 is 0.640 bits per heavy atom. The van der Waals surface area contributed by atoms with Gasteiger partial charge in [-0.25, -0.2) is 4.39 Å². The van der Waals surface area contributed by atoms with Crippen LogP contribution in [0, 0.1) is 5.82 Å². The van der Waals surface area contributed by atoms with E-state index in [2.05, 4.69) is 40.1 Å². The maximum atomic E-state index is 12.9. The van der Waals surface area contributed by atoms with Gasteiger partial charge in [0.2, 0.25) is 0 Å². The van der Waals surface area contributed by atoms with Crippen LogP contribution < -0.4 is 0 Å². The van der Waals surface area contributed by atoms with Gasteiger partial charge in [-0.2, -0.15) is 0 Å². The molecule has 1 aliphatic heterocycles. The van der Waals surface area contributed by atoms with Crippen LogP contribution in [0.1, 0.15) is 11.1 Å². The van der Waals surface area contributed by atoms with Crippen molar-refractivity contribution in [3.63, 3.8) is 0 Å². The van der Waals surface area contributed by atoms with E-state index in [0.29, 0.717) is 0 Å². The summed E-state index contributed by atoms with van der Waals surface area (Å²) in [7, 11) is 0. The van der Waals surface area contributed by atoms with Crippen LogP contribution in [0.2, 0.25) is 0 Å². The summed E-state index contributed by atoms with van der Waals surface area (Å²) in [6, 6.07) is 17.6. The topological polar surface area (TPSA) is 6.48 Å². The van der Waals surface area contributed by atoms with Crippen molar-refractivity contribution in [3.05, 3.63) is 71.5 Å². The Bertz CT molecular complexity index is 584. The largest absolute Gasteiger partial charge is 0.300 e. The standard InChI is InChI=1S/C20H25FN2.2ClH/c21-20-8-6-19(7-9-20)11-13-23-16-14-22(15-17-23)12-10-18-4-2-1-3-5-18;;/h1-9H,10-17H2;2*1H. The number of hydrogen-bond donors (Lipinski definition) is 0. The molecule has 2 nitrogen and oxygen atoms in total. The van der Waals surface area contributed by atoms with E-state index < -0.39 is 0 Å². The van der Waals surface area contributed by atoms with Crippen LogP contribution in [0.25, 0.3) is 0 Å². The molecule has 1 saturated heterocycles. The molecular weight excluding hydrogens is 358 g/mol. The summed E-state index contributed by atoms with van der Waals surface area (Å²) in [5, 5.41) is 0. The van der Waals surface area contributed by atoms with Crippen LogP contribution in [-0.2, 0) is 12.8 Å². The van der Waals surface area contributed by atoms with Crippen LogP contribution in [0.15, 0.2) is 54.6 Å². The van der Waals surface area contributed by atoms with Crippen LogP contribution in [0.3, 0.4) is 0 Å². The molecule has 5 heteroatoms. The first-order chi connectivity index (χ1) is 11.3. The fourth-order valence-corrected chi connectivity index (χ4v) is 3.11. The SMILES string of the molecule is Cl.Cl.Fc1ccc(CCN2CCN(CCc3ccccc3)CC2)cc1. The summed E-state index contributed by atoms with van der Waals surface area (Å²) in [6.07, 6.45) is 2.14. The maximum absolute atomic E-state index is 12.9. The first-order valence-electron chi connectivity index (χ1n) is 8.53. The molecule has 0 unspecified atom stereocenters. The van der Waals surface area contributed by atoms with Gasteiger partial charge in [0.25, 0.3) is 0 Å². The van der Waals surface area contributed by atoms with Gasteiger partial charge >= 0.3 is 0 Å². The molecule has 0 amide bonds. The zero-order valence-electron chi connectivity index (χ0n) is 14.4. The van der Waals surface area contributed by atoms with Gasteiger partial charge in [0, 0.05) is 39.3 Å². The minimum Gasteiger partial charge on any atom is -0.300 e. The average molecular weight is 385 g/mol. The van der Waals surface area contributed by atoms with Crippen molar-refractivity contribution in [2.75, 3.05) is 39.3 Å². The minimum atomic E-state index is -0.152. The molecule has 1 heterocycles. The van der Waals surface area contributed by atoms with Gasteiger partial charge < -0.3 is 9.80 Å². The molecule has 3 rings (SSSR count). The minimum absolute atomic E-state index is 0. The molecule has 0 saturated carbocycles. The van der Waals surface area contributed by atoms with Crippen molar-refractivity contribution in [1.29, 1.82) is 0 Å². The van der Waals surface area contributed by atoms with Crippen LogP contribution >= 0.6 is 24.8 Å². The van der Waals surface area contributed by atoms with Crippen molar-refractivity contribution in [1.82, 2.24) is 9.80 Å². The lowest BCUT2D eigenvalue weighted by atomic mass is 10.1. The second-order valence-electron chi connectivity index (χ2n) is 6.30. The van der Waals surface area contributed by atoms with E-state index >= 15 is 0 Å². The molecule has 25 heavy (non-hydrogen) atoms. The number of halogens is 3. The molecule has 1 fully saturated rings. The molecule has 0 N–H and O–H groups in total. The molecule has 2 aromatic carbocycles. The Kier molecular flexibility index (Phi) is 10.1. The molecule has 0 spiro atoms. The van der Waals surface area contributed by atoms with Gasteiger partial charge in [-0.1, -0.05) is 42.5 Å². The molecule has 138 valence electrons. The van der Waals surface area contributed by atoms with E-state index in [9.17, 15) is 4.39 Å². The summed E-state index contributed by atoms with van der Waals surface area (Å²) in [4.78, 5) is 5.07. The fraction of sp³-hybridized carbons (Fsp3) is 0.400. The lowest BCUT2D eigenvalue weighted by molar-refractivity contribution is 0.134. The third kappa shape index (κ3) is 7.33. The number of nitrogens with zero attached hydrogens (tertiary/aromatic N) is 2. The number of hydrogen-bond acceptors (Lipinski definition) is 2. The molecular formula is C20H27Cl2FN2. The van der Waals surface area contributed by atoms with E-state index in [1.54, 1.807) is 12.1 Å². The summed E-state index contributed by atoms with van der Waals surface area (Å²) in [5.41, 5.74) is 2.64. The monoisotopic (exact) mass is 384 g/mol. The molecule has 2 aromatic rings. The number of rotatable bonds is 6. The molecule has 0 atom stereocenters. The summed E-state index contributed by atoms with van der Waals surface area (Å²) in [6.45, 7) is 6.78. The van der Waals surface area contributed by atoms with Gasteiger partial charge in [0.15, 0.2) is 0 Å². The van der Waals surface area contributed by atoms with Crippen molar-refractivity contribution < 1.29 is 4.39 Å². The zero-order valence-corrected chi connectivity index (χ0v) is 16.1. The third-order valence-corrected chi connectivity index (χ3v) is 4.65. The summed E-state index contributed by atoms with van der Waals surface area (Å²) in [5.74, 6) is -0.152.